The molecular weight excluding hydrogens is 423 g/mol. The van der Waals surface area contributed by atoms with E-state index in [1.54, 1.807) is 24.5 Å². The van der Waals surface area contributed by atoms with Crippen molar-refractivity contribution in [1.29, 1.82) is 0 Å². The lowest BCUT2D eigenvalue weighted by Gasteiger charge is -2.28. The van der Waals surface area contributed by atoms with Gasteiger partial charge in [0.05, 0.1) is 36.9 Å². The van der Waals surface area contributed by atoms with Gasteiger partial charge in [-0.05, 0) is 42.3 Å². The van der Waals surface area contributed by atoms with Crippen molar-refractivity contribution in [3.63, 3.8) is 0 Å². The molecule has 1 aliphatic rings. The Morgan fingerprint density at radius 2 is 1.88 bits per heavy atom. The predicted molar refractivity (Wildman–Crippen MR) is 112 cm³/mol. The number of aryl methyl sites for hydroxylation is 1. The summed E-state index contributed by atoms with van der Waals surface area (Å²) >= 11 is 0. The number of benzene rings is 1. The summed E-state index contributed by atoms with van der Waals surface area (Å²) in [5, 5.41) is 9.41. The average Bonchev–Trinajstić information content (AvgIpc) is 2.80. The number of pyridine rings is 1. The molecule has 1 aromatic carbocycles. The van der Waals surface area contributed by atoms with E-state index in [-0.39, 0.29) is 0 Å². The second kappa shape index (κ2) is 8.91. The molecule has 0 radical (unpaired) electrons. The van der Waals surface area contributed by atoms with Gasteiger partial charge in [-0.15, -0.1) is 5.10 Å². The van der Waals surface area contributed by atoms with Crippen LogP contribution in [0, 0.1) is 6.92 Å². The molecule has 1 fully saturated rings. The molecule has 1 aliphatic heterocycles. The quantitative estimate of drug-likeness (QED) is 0.658. The Balaban J connectivity index is 1.58. The number of alkyl halides is 3. The van der Waals surface area contributed by atoms with Gasteiger partial charge in [-0.25, -0.2) is 0 Å². The van der Waals surface area contributed by atoms with Crippen LogP contribution in [0.5, 0.6) is 0 Å². The lowest BCUT2D eigenvalue weighted by molar-refractivity contribution is -0.137. The van der Waals surface area contributed by atoms with Gasteiger partial charge in [0.25, 0.3) is 5.91 Å². The molecule has 1 saturated heterocycles. The molecule has 166 valence electrons. The Labute approximate surface area is 182 Å². The SMILES string of the molecule is Cc1ccc(NC(=O)c2cc(C(F)(F)F)cnn2)cc1-c1cncc(N2CCOCC2)c1. The molecule has 0 bridgehead atoms. The first-order valence-corrected chi connectivity index (χ1v) is 9.91. The number of carbonyl (C=O) groups excluding carboxylic acids is 1. The van der Waals surface area contributed by atoms with Crippen LogP contribution in [-0.2, 0) is 10.9 Å². The van der Waals surface area contributed by atoms with Crippen LogP contribution in [0.2, 0.25) is 0 Å². The molecule has 1 amide bonds. The van der Waals surface area contributed by atoms with Crippen LogP contribution in [-0.4, -0.2) is 47.4 Å². The van der Waals surface area contributed by atoms with Crippen molar-refractivity contribution in [3.8, 4) is 11.1 Å². The maximum absolute atomic E-state index is 12.9. The lowest BCUT2D eigenvalue weighted by atomic mass is 10.0. The summed E-state index contributed by atoms with van der Waals surface area (Å²) < 4.78 is 44.1. The molecule has 4 rings (SSSR count). The zero-order chi connectivity index (χ0) is 22.7. The third kappa shape index (κ3) is 4.86. The van der Waals surface area contributed by atoms with Gasteiger partial charge in [-0.2, -0.15) is 18.3 Å². The van der Waals surface area contributed by atoms with Crippen LogP contribution < -0.4 is 10.2 Å². The van der Waals surface area contributed by atoms with Crippen molar-refractivity contribution < 1.29 is 22.7 Å². The van der Waals surface area contributed by atoms with Crippen LogP contribution in [0.3, 0.4) is 0 Å². The van der Waals surface area contributed by atoms with Gasteiger partial charge in [0.1, 0.15) is 0 Å². The summed E-state index contributed by atoms with van der Waals surface area (Å²) in [4.78, 5) is 19.0. The van der Waals surface area contributed by atoms with E-state index >= 15 is 0 Å². The molecule has 0 spiro atoms. The third-order valence-electron chi connectivity index (χ3n) is 5.12. The summed E-state index contributed by atoms with van der Waals surface area (Å²) in [6.45, 7) is 4.80. The second-order valence-corrected chi connectivity index (χ2v) is 7.34. The van der Waals surface area contributed by atoms with E-state index in [4.69, 9.17) is 4.74 Å². The number of hydrogen-bond acceptors (Lipinski definition) is 6. The van der Waals surface area contributed by atoms with Crippen molar-refractivity contribution >= 4 is 17.3 Å². The number of halogens is 3. The summed E-state index contributed by atoms with van der Waals surface area (Å²) in [7, 11) is 0. The number of ether oxygens (including phenoxy) is 1. The van der Waals surface area contributed by atoms with Gasteiger partial charge in [-0.3, -0.25) is 9.78 Å². The molecule has 0 aliphatic carbocycles. The Hall–Kier alpha value is -3.53. The van der Waals surface area contributed by atoms with Crippen molar-refractivity contribution in [3.05, 3.63) is 65.7 Å². The predicted octanol–water partition coefficient (Wildman–Crippen LogP) is 3.95. The molecule has 0 unspecified atom stereocenters. The maximum atomic E-state index is 12.9. The van der Waals surface area contributed by atoms with Gasteiger partial charge in [0.15, 0.2) is 5.69 Å². The summed E-state index contributed by atoms with van der Waals surface area (Å²) in [6.07, 6.45) is -0.506. The van der Waals surface area contributed by atoms with Crippen molar-refractivity contribution in [2.75, 3.05) is 36.5 Å². The second-order valence-electron chi connectivity index (χ2n) is 7.34. The van der Waals surface area contributed by atoms with E-state index in [1.807, 2.05) is 19.1 Å². The van der Waals surface area contributed by atoms with E-state index in [0.29, 0.717) is 31.2 Å². The van der Waals surface area contributed by atoms with Crippen molar-refractivity contribution in [1.82, 2.24) is 15.2 Å². The van der Waals surface area contributed by atoms with Gasteiger partial charge in [-0.1, -0.05) is 6.07 Å². The van der Waals surface area contributed by atoms with Gasteiger partial charge in [0, 0.05) is 30.5 Å². The normalized spacial score (nSPS) is 14.3. The average molecular weight is 443 g/mol. The molecule has 7 nitrogen and oxygen atoms in total. The zero-order valence-electron chi connectivity index (χ0n) is 17.2. The number of rotatable bonds is 4. The molecule has 10 heteroatoms. The summed E-state index contributed by atoms with van der Waals surface area (Å²) in [5.41, 5.74) is 2.61. The van der Waals surface area contributed by atoms with Crippen LogP contribution in [0.25, 0.3) is 11.1 Å². The summed E-state index contributed by atoms with van der Waals surface area (Å²) in [6, 6.07) is 7.95. The Morgan fingerprint density at radius 3 is 2.62 bits per heavy atom. The first kappa shape index (κ1) is 21.7. The molecule has 3 aromatic rings. The highest BCUT2D eigenvalue weighted by Crippen LogP contribution is 2.30. The van der Waals surface area contributed by atoms with Crippen molar-refractivity contribution in [2.24, 2.45) is 0 Å². The number of aromatic nitrogens is 3. The molecular formula is C22H20F3N5O2. The fourth-order valence-corrected chi connectivity index (χ4v) is 3.41. The number of anilines is 2. The number of nitrogens with one attached hydrogen (secondary N) is 1. The van der Waals surface area contributed by atoms with Crippen LogP contribution in [0.1, 0.15) is 21.6 Å². The van der Waals surface area contributed by atoms with Crippen molar-refractivity contribution in [2.45, 2.75) is 13.1 Å². The number of hydrogen-bond donors (Lipinski definition) is 1. The number of amides is 1. The number of carbonyl (C=O) groups is 1. The lowest BCUT2D eigenvalue weighted by Crippen LogP contribution is -2.36. The summed E-state index contributed by atoms with van der Waals surface area (Å²) in [5.74, 6) is -0.779. The Kier molecular flexibility index (Phi) is 6.04. The van der Waals surface area contributed by atoms with Crippen LogP contribution in [0.15, 0.2) is 48.9 Å². The minimum atomic E-state index is -4.61. The highest BCUT2D eigenvalue weighted by molar-refractivity contribution is 6.03. The van der Waals surface area contributed by atoms with Crippen LogP contribution >= 0.6 is 0 Å². The van der Waals surface area contributed by atoms with Gasteiger partial charge >= 0.3 is 6.18 Å². The van der Waals surface area contributed by atoms with E-state index in [1.165, 1.54) is 0 Å². The standard InChI is InChI=1S/C22H20F3N5O2/c1-14-2-3-17(28-21(31)20-9-16(12-27-29-20)22(23,24)25)10-19(14)15-8-18(13-26-11-15)30-4-6-32-7-5-30/h2-3,8-13H,4-7H2,1H3,(H,28,31). The van der Waals surface area contributed by atoms with Crippen LogP contribution in [0.4, 0.5) is 24.5 Å². The van der Waals surface area contributed by atoms with Gasteiger partial charge < -0.3 is 15.0 Å². The Bertz CT molecular complexity index is 1130. The molecule has 0 atom stereocenters. The highest BCUT2D eigenvalue weighted by Gasteiger charge is 2.32. The first-order valence-electron chi connectivity index (χ1n) is 9.91. The van der Waals surface area contributed by atoms with E-state index in [9.17, 15) is 18.0 Å². The minimum absolute atomic E-state index is 0.419. The number of morpholine rings is 1. The number of nitrogens with zero attached hydrogens (tertiary/aromatic N) is 4. The topological polar surface area (TPSA) is 80.2 Å². The minimum Gasteiger partial charge on any atom is -0.378 e. The van der Waals surface area contributed by atoms with Gasteiger partial charge in [0.2, 0.25) is 0 Å². The largest absolute Gasteiger partial charge is 0.418 e. The fraction of sp³-hybridized carbons (Fsp3) is 0.273. The molecule has 0 saturated carbocycles. The monoisotopic (exact) mass is 443 g/mol. The highest BCUT2D eigenvalue weighted by atomic mass is 19.4. The van der Waals surface area contributed by atoms with E-state index < -0.39 is 23.3 Å². The zero-order valence-corrected chi connectivity index (χ0v) is 17.2. The molecule has 32 heavy (non-hydrogen) atoms. The first-order chi connectivity index (χ1) is 15.3. The van der Waals surface area contributed by atoms with E-state index in [0.717, 1.165) is 35.5 Å². The maximum Gasteiger partial charge on any atom is 0.418 e. The fourth-order valence-electron chi connectivity index (χ4n) is 3.41. The van der Waals surface area contributed by atoms with E-state index in [2.05, 4.69) is 25.4 Å². The smallest absolute Gasteiger partial charge is 0.378 e. The Morgan fingerprint density at radius 1 is 1.09 bits per heavy atom. The molecule has 2 aromatic heterocycles. The third-order valence-corrected chi connectivity index (χ3v) is 5.12. The molecule has 3 heterocycles. The molecule has 1 N–H and O–H groups in total.